The van der Waals surface area contributed by atoms with Gasteiger partial charge in [-0.05, 0) is 57.0 Å². The molecule has 1 aromatic carbocycles. The van der Waals surface area contributed by atoms with Crippen molar-refractivity contribution in [1.29, 1.82) is 0 Å². The zero-order chi connectivity index (χ0) is 21.2. The number of rotatable bonds is 9. The Kier molecular flexibility index (Phi) is 9.18. The number of carbonyl (C=O) groups is 1. The first kappa shape index (κ1) is 22.9. The molecular weight excluding hydrogens is 373 g/mol. The van der Waals surface area contributed by atoms with Crippen LogP contribution in [0, 0.1) is 5.82 Å². The predicted molar refractivity (Wildman–Crippen MR) is 114 cm³/mol. The SMILES string of the molecule is CN=C(NCCCN1CCCC1C(=O)N(C)C)NCC(C)Oc1ccc(F)cc1. The Labute approximate surface area is 173 Å². The summed E-state index contributed by atoms with van der Waals surface area (Å²) in [5.41, 5.74) is 0. The van der Waals surface area contributed by atoms with Crippen LogP contribution in [-0.4, -0.2) is 81.1 Å². The second-order valence-corrected chi connectivity index (χ2v) is 7.54. The van der Waals surface area contributed by atoms with E-state index in [-0.39, 0.29) is 23.9 Å². The average molecular weight is 408 g/mol. The molecule has 0 bridgehead atoms. The van der Waals surface area contributed by atoms with Crippen LogP contribution in [0.4, 0.5) is 4.39 Å². The van der Waals surface area contributed by atoms with Gasteiger partial charge >= 0.3 is 0 Å². The van der Waals surface area contributed by atoms with Gasteiger partial charge in [-0.1, -0.05) is 0 Å². The van der Waals surface area contributed by atoms with E-state index in [0.29, 0.717) is 18.3 Å². The first-order valence-corrected chi connectivity index (χ1v) is 10.2. The number of halogens is 1. The number of nitrogens with zero attached hydrogens (tertiary/aromatic N) is 3. The first-order chi connectivity index (χ1) is 13.9. The minimum atomic E-state index is -0.279. The van der Waals surface area contributed by atoms with Gasteiger partial charge in [-0.2, -0.15) is 0 Å². The van der Waals surface area contributed by atoms with Gasteiger partial charge in [0.05, 0.1) is 12.6 Å². The standard InChI is InChI=1S/C21H34FN5O2/c1-16(29-18-10-8-17(22)9-11-18)15-25-21(23-2)24-12-6-14-27-13-5-7-19(27)20(28)26(3)4/h8-11,16,19H,5-7,12-15H2,1-4H3,(H2,23,24,25). The van der Waals surface area contributed by atoms with E-state index in [1.165, 1.54) is 12.1 Å². The molecule has 1 saturated heterocycles. The molecule has 1 aliphatic rings. The van der Waals surface area contributed by atoms with Crippen molar-refractivity contribution >= 4 is 11.9 Å². The number of aliphatic imine (C=N–C) groups is 1. The fourth-order valence-electron chi connectivity index (χ4n) is 3.41. The van der Waals surface area contributed by atoms with Gasteiger partial charge in [-0.25, -0.2) is 4.39 Å². The molecule has 2 unspecified atom stereocenters. The predicted octanol–water partition coefficient (Wildman–Crippen LogP) is 1.70. The highest BCUT2D eigenvalue weighted by Gasteiger charge is 2.30. The lowest BCUT2D eigenvalue weighted by Gasteiger charge is -2.26. The van der Waals surface area contributed by atoms with E-state index in [2.05, 4.69) is 20.5 Å². The Morgan fingerprint density at radius 2 is 2.07 bits per heavy atom. The molecular formula is C21H34FN5O2. The molecule has 0 radical (unpaired) electrons. The average Bonchev–Trinajstić information content (AvgIpc) is 3.17. The van der Waals surface area contributed by atoms with Gasteiger partial charge in [0.1, 0.15) is 17.7 Å². The van der Waals surface area contributed by atoms with Crippen molar-refractivity contribution in [2.24, 2.45) is 4.99 Å². The molecule has 29 heavy (non-hydrogen) atoms. The number of benzene rings is 1. The van der Waals surface area contributed by atoms with Gasteiger partial charge in [-0.3, -0.25) is 14.7 Å². The smallest absolute Gasteiger partial charge is 0.239 e. The number of carbonyl (C=O) groups excluding carboxylic acids is 1. The Balaban J connectivity index is 1.66. The Hall–Kier alpha value is -2.35. The van der Waals surface area contributed by atoms with E-state index in [0.717, 1.165) is 38.9 Å². The number of guanidine groups is 1. The van der Waals surface area contributed by atoms with Crippen molar-refractivity contribution in [2.75, 3.05) is 47.3 Å². The Bertz CT molecular complexity index is 666. The van der Waals surface area contributed by atoms with Crippen molar-refractivity contribution < 1.29 is 13.9 Å². The Morgan fingerprint density at radius 3 is 2.72 bits per heavy atom. The van der Waals surface area contributed by atoms with Gasteiger partial charge in [0, 0.05) is 34.2 Å². The van der Waals surface area contributed by atoms with E-state index in [4.69, 9.17) is 4.74 Å². The van der Waals surface area contributed by atoms with Gasteiger partial charge in [0.2, 0.25) is 5.91 Å². The lowest BCUT2D eigenvalue weighted by atomic mass is 10.2. The largest absolute Gasteiger partial charge is 0.489 e. The zero-order valence-electron chi connectivity index (χ0n) is 17.9. The first-order valence-electron chi connectivity index (χ1n) is 10.2. The monoisotopic (exact) mass is 407 g/mol. The highest BCUT2D eigenvalue weighted by molar-refractivity contribution is 5.81. The maximum absolute atomic E-state index is 13.0. The van der Waals surface area contributed by atoms with Crippen molar-refractivity contribution in [3.05, 3.63) is 30.1 Å². The van der Waals surface area contributed by atoms with E-state index in [1.54, 1.807) is 24.1 Å². The quantitative estimate of drug-likeness (QED) is 0.371. The highest BCUT2D eigenvalue weighted by atomic mass is 19.1. The lowest BCUT2D eigenvalue weighted by molar-refractivity contribution is -0.133. The van der Waals surface area contributed by atoms with E-state index in [9.17, 15) is 9.18 Å². The molecule has 1 aromatic rings. The lowest BCUT2D eigenvalue weighted by Crippen LogP contribution is -2.44. The van der Waals surface area contributed by atoms with Crippen LogP contribution < -0.4 is 15.4 Å². The molecule has 1 aliphatic heterocycles. The van der Waals surface area contributed by atoms with Crippen LogP contribution in [0.2, 0.25) is 0 Å². The van der Waals surface area contributed by atoms with Crippen LogP contribution in [-0.2, 0) is 4.79 Å². The van der Waals surface area contributed by atoms with Crippen LogP contribution >= 0.6 is 0 Å². The summed E-state index contributed by atoms with van der Waals surface area (Å²) in [5.74, 6) is 1.26. The number of hydrogen-bond donors (Lipinski definition) is 2. The summed E-state index contributed by atoms with van der Waals surface area (Å²) in [6.45, 7) is 5.15. The second kappa shape index (κ2) is 11.6. The van der Waals surface area contributed by atoms with Gasteiger partial charge in [-0.15, -0.1) is 0 Å². The minimum absolute atomic E-state index is 0.0203. The van der Waals surface area contributed by atoms with Crippen LogP contribution in [0.15, 0.2) is 29.3 Å². The van der Waals surface area contributed by atoms with Gasteiger partial charge < -0.3 is 20.3 Å². The summed E-state index contributed by atoms with van der Waals surface area (Å²) in [5, 5.41) is 6.54. The summed E-state index contributed by atoms with van der Waals surface area (Å²) in [4.78, 5) is 20.4. The number of amides is 1. The molecule has 7 nitrogen and oxygen atoms in total. The maximum atomic E-state index is 13.0. The third-order valence-corrected chi connectivity index (χ3v) is 4.94. The molecule has 1 fully saturated rings. The number of likely N-dealkylation sites (N-methyl/N-ethyl adjacent to an activating group) is 1. The summed E-state index contributed by atoms with van der Waals surface area (Å²) in [7, 11) is 5.36. The molecule has 0 spiro atoms. The zero-order valence-corrected chi connectivity index (χ0v) is 17.9. The second-order valence-electron chi connectivity index (χ2n) is 7.54. The van der Waals surface area contributed by atoms with Gasteiger partial charge in [0.15, 0.2) is 5.96 Å². The van der Waals surface area contributed by atoms with Gasteiger partial charge in [0.25, 0.3) is 0 Å². The molecule has 1 amide bonds. The highest BCUT2D eigenvalue weighted by Crippen LogP contribution is 2.18. The summed E-state index contributed by atoms with van der Waals surface area (Å²) in [6.07, 6.45) is 2.85. The van der Waals surface area contributed by atoms with Crippen LogP contribution in [0.3, 0.4) is 0 Å². The topological polar surface area (TPSA) is 69.2 Å². The van der Waals surface area contributed by atoms with E-state index < -0.39 is 0 Å². The molecule has 8 heteroatoms. The minimum Gasteiger partial charge on any atom is -0.489 e. The number of ether oxygens (including phenoxy) is 1. The molecule has 2 N–H and O–H groups in total. The van der Waals surface area contributed by atoms with Crippen LogP contribution in [0.25, 0.3) is 0 Å². The number of nitrogens with one attached hydrogen (secondary N) is 2. The van der Waals surface area contributed by atoms with Crippen molar-refractivity contribution in [2.45, 2.75) is 38.3 Å². The molecule has 0 aliphatic carbocycles. The number of likely N-dealkylation sites (tertiary alicyclic amines) is 1. The molecule has 162 valence electrons. The summed E-state index contributed by atoms with van der Waals surface area (Å²) in [6, 6.07) is 6.02. The third-order valence-electron chi connectivity index (χ3n) is 4.94. The van der Waals surface area contributed by atoms with E-state index in [1.807, 2.05) is 21.0 Å². The fourth-order valence-corrected chi connectivity index (χ4v) is 3.41. The molecule has 0 aromatic heterocycles. The number of hydrogen-bond acceptors (Lipinski definition) is 4. The summed E-state index contributed by atoms with van der Waals surface area (Å²) >= 11 is 0. The normalized spacial score (nSPS) is 18.4. The van der Waals surface area contributed by atoms with Crippen molar-refractivity contribution in [3.63, 3.8) is 0 Å². The summed E-state index contributed by atoms with van der Waals surface area (Å²) < 4.78 is 18.7. The molecule has 2 rings (SSSR count). The third kappa shape index (κ3) is 7.53. The van der Waals surface area contributed by atoms with Crippen molar-refractivity contribution in [3.8, 4) is 5.75 Å². The van der Waals surface area contributed by atoms with Crippen LogP contribution in [0.1, 0.15) is 26.2 Å². The molecule has 0 saturated carbocycles. The van der Waals surface area contributed by atoms with E-state index >= 15 is 0 Å². The molecule has 1 heterocycles. The fraction of sp³-hybridized carbons (Fsp3) is 0.619. The Morgan fingerprint density at radius 1 is 1.34 bits per heavy atom. The maximum Gasteiger partial charge on any atom is 0.239 e. The molecule has 2 atom stereocenters. The van der Waals surface area contributed by atoms with Crippen molar-refractivity contribution in [1.82, 2.24) is 20.4 Å². The van der Waals surface area contributed by atoms with Crippen LogP contribution in [0.5, 0.6) is 5.75 Å².